The summed E-state index contributed by atoms with van der Waals surface area (Å²) in [6.45, 7) is 3.61. The molecule has 0 aliphatic heterocycles. The summed E-state index contributed by atoms with van der Waals surface area (Å²) in [5.41, 5.74) is -0.378. The highest BCUT2D eigenvalue weighted by Crippen LogP contribution is 2.33. The third-order valence-electron chi connectivity index (χ3n) is 2.88. The van der Waals surface area contributed by atoms with E-state index in [2.05, 4.69) is 19.9 Å². The van der Waals surface area contributed by atoms with E-state index in [-0.39, 0.29) is 10.8 Å². The van der Waals surface area contributed by atoms with E-state index in [4.69, 9.17) is 0 Å². The van der Waals surface area contributed by atoms with Gasteiger partial charge in [-0.05, 0) is 13.8 Å². The third-order valence-corrected chi connectivity index (χ3v) is 4.82. The molecule has 0 spiro atoms. The Kier molecular flexibility index (Phi) is 3.80. The Morgan fingerprint density at radius 1 is 1.17 bits per heavy atom. The Balaban J connectivity index is 2.10. The number of alkyl halides is 3. The zero-order valence-corrected chi connectivity index (χ0v) is 13.5. The maximum absolute atomic E-state index is 12.6. The predicted molar refractivity (Wildman–Crippen MR) is 81.5 cm³/mol. The third kappa shape index (κ3) is 3.17. The van der Waals surface area contributed by atoms with Crippen molar-refractivity contribution in [2.45, 2.75) is 20.0 Å². The van der Waals surface area contributed by atoms with Crippen molar-refractivity contribution < 1.29 is 13.2 Å². The number of hydrogen-bond acceptors (Lipinski definition) is 6. The first-order valence-electron chi connectivity index (χ1n) is 6.33. The number of aromatic amines is 1. The molecule has 0 aliphatic carbocycles. The fourth-order valence-electron chi connectivity index (χ4n) is 1.96. The molecule has 0 saturated heterocycles. The van der Waals surface area contributed by atoms with Gasteiger partial charge in [-0.1, -0.05) is 0 Å². The van der Waals surface area contributed by atoms with Crippen molar-refractivity contribution in [1.82, 2.24) is 19.9 Å². The van der Waals surface area contributed by atoms with Gasteiger partial charge >= 0.3 is 6.18 Å². The minimum Gasteiger partial charge on any atom is -0.304 e. The lowest BCUT2D eigenvalue weighted by atomic mass is 10.3. The quantitative estimate of drug-likeness (QED) is 0.759. The minimum absolute atomic E-state index is 0.00941. The summed E-state index contributed by atoms with van der Waals surface area (Å²) in [6, 6.07) is 1.29. The van der Waals surface area contributed by atoms with E-state index >= 15 is 0 Å². The van der Waals surface area contributed by atoms with Crippen LogP contribution < -0.4 is 5.56 Å². The van der Waals surface area contributed by atoms with Crippen LogP contribution in [0.25, 0.3) is 21.4 Å². The van der Waals surface area contributed by atoms with E-state index < -0.39 is 17.4 Å². The van der Waals surface area contributed by atoms with E-state index in [1.165, 1.54) is 17.4 Å². The number of nitrogens with zero attached hydrogens (tertiary/aromatic N) is 3. The number of rotatable bonds is 2. The first-order chi connectivity index (χ1) is 10.7. The number of H-pyrrole nitrogens is 1. The molecule has 23 heavy (non-hydrogen) atoms. The van der Waals surface area contributed by atoms with Gasteiger partial charge in [-0.25, -0.2) is 15.0 Å². The molecule has 0 unspecified atom stereocenters. The van der Waals surface area contributed by atoms with Crippen LogP contribution in [0.5, 0.6) is 0 Å². The monoisotopic (exact) mass is 358 g/mol. The topological polar surface area (TPSA) is 71.5 Å². The summed E-state index contributed by atoms with van der Waals surface area (Å²) >= 11 is 2.14. The van der Waals surface area contributed by atoms with Crippen LogP contribution in [-0.4, -0.2) is 19.9 Å². The van der Waals surface area contributed by atoms with Crippen LogP contribution in [0.15, 0.2) is 16.2 Å². The van der Waals surface area contributed by atoms with Crippen LogP contribution in [0.2, 0.25) is 0 Å². The molecular formula is C13H9F3N4OS2. The van der Waals surface area contributed by atoms with Gasteiger partial charge in [0.25, 0.3) is 5.56 Å². The lowest BCUT2D eigenvalue weighted by Gasteiger charge is -2.02. The SMILES string of the molecule is Cc1nc(C)c(-c2cc(=O)[nH]c(-c3nc(C(F)(F)F)cs3)n2)s1. The molecule has 0 amide bonds. The van der Waals surface area contributed by atoms with Crippen molar-refractivity contribution in [3.8, 4) is 21.4 Å². The van der Waals surface area contributed by atoms with Crippen LogP contribution in [0, 0.1) is 13.8 Å². The Labute approximate surface area is 135 Å². The highest BCUT2D eigenvalue weighted by atomic mass is 32.1. The number of thiazole rings is 2. The van der Waals surface area contributed by atoms with E-state index in [1.807, 2.05) is 6.92 Å². The van der Waals surface area contributed by atoms with Crippen molar-refractivity contribution in [3.63, 3.8) is 0 Å². The lowest BCUT2D eigenvalue weighted by molar-refractivity contribution is -0.140. The van der Waals surface area contributed by atoms with E-state index in [0.29, 0.717) is 16.3 Å². The lowest BCUT2D eigenvalue weighted by Crippen LogP contribution is -2.09. The van der Waals surface area contributed by atoms with Gasteiger partial charge in [-0.2, -0.15) is 13.2 Å². The second kappa shape index (κ2) is 5.53. The first kappa shape index (κ1) is 15.8. The Bertz CT molecular complexity index is 926. The average molecular weight is 358 g/mol. The molecule has 10 heteroatoms. The summed E-state index contributed by atoms with van der Waals surface area (Å²) in [5, 5.41) is 1.72. The largest absolute Gasteiger partial charge is 0.434 e. The molecule has 3 aromatic heterocycles. The Morgan fingerprint density at radius 2 is 1.91 bits per heavy atom. The van der Waals surface area contributed by atoms with Gasteiger partial charge < -0.3 is 4.98 Å². The van der Waals surface area contributed by atoms with Gasteiger partial charge in [-0.3, -0.25) is 4.79 Å². The summed E-state index contributed by atoms with van der Waals surface area (Å²) in [6.07, 6.45) is -4.53. The number of halogens is 3. The van der Waals surface area contributed by atoms with Gasteiger partial charge in [-0.15, -0.1) is 22.7 Å². The molecule has 0 saturated carbocycles. The summed E-state index contributed by atoms with van der Waals surface area (Å²) in [5.74, 6) is 0.0125. The minimum atomic E-state index is -4.53. The van der Waals surface area contributed by atoms with Gasteiger partial charge in [0.2, 0.25) is 0 Å². The highest BCUT2D eigenvalue weighted by Gasteiger charge is 2.34. The van der Waals surface area contributed by atoms with Gasteiger partial charge in [0.05, 0.1) is 21.3 Å². The standard InChI is InChI=1S/C13H9F3N4OS2/c1-5-10(23-6(2)17-5)7-3-9(21)20-11(18-7)12-19-8(4-22-12)13(14,15)16/h3-4H,1-2H3,(H,18,20,21). The molecular weight excluding hydrogens is 349 g/mol. The number of nitrogens with one attached hydrogen (secondary N) is 1. The molecule has 0 fully saturated rings. The van der Waals surface area contributed by atoms with Crippen LogP contribution in [0.3, 0.4) is 0 Å². The molecule has 3 rings (SSSR count). The van der Waals surface area contributed by atoms with Crippen molar-refractivity contribution in [2.24, 2.45) is 0 Å². The summed E-state index contributed by atoms with van der Waals surface area (Å²) in [4.78, 5) is 27.0. The first-order valence-corrected chi connectivity index (χ1v) is 8.02. The van der Waals surface area contributed by atoms with E-state index in [9.17, 15) is 18.0 Å². The maximum Gasteiger partial charge on any atom is 0.434 e. The van der Waals surface area contributed by atoms with Gasteiger partial charge in [0.1, 0.15) is 0 Å². The van der Waals surface area contributed by atoms with Crippen molar-refractivity contribution >= 4 is 22.7 Å². The fourth-order valence-corrected chi connectivity index (χ4v) is 3.61. The van der Waals surface area contributed by atoms with Crippen molar-refractivity contribution in [1.29, 1.82) is 0 Å². The highest BCUT2D eigenvalue weighted by molar-refractivity contribution is 7.15. The van der Waals surface area contributed by atoms with Crippen LogP contribution in [0.4, 0.5) is 13.2 Å². The molecule has 0 aromatic carbocycles. The second-order valence-corrected chi connectivity index (χ2v) is 6.72. The van der Waals surface area contributed by atoms with Crippen LogP contribution in [-0.2, 0) is 6.18 Å². The van der Waals surface area contributed by atoms with E-state index in [0.717, 1.165) is 21.7 Å². The zero-order valence-electron chi connectivity index (χ0n) is 11.9. The average Bonchev–Trinajstić information content (AvgIpc) is 3.04. The molecule has 3 aromatic rings. The normalized spacial score (nSPS) is 11.9. The predicted octanol–water partition coefficient (Wildman–Crippen LogP) is 3.65. The molecule has 0 atom stereocenters. The molecule has 5 nitrogen and oxygen atoms in total. The Hall–Kier alpha value is -2.07. The maximum atomic E-state index is 12.6. The zero-order chi connectivity index (χ0) is 16.8. The number of hydrogen-bond donors (Lipinski definition) is 1. The number of aromatic nitrogens is 4. The summed E-state index contributed by atoms with van der Waals surface area (Å²) < 4.78 is 37.9. The Morgan fingerprint density at radius 3 is 2.48 bits per heavy atom. The summed E-state index contributed by atoms with van der Waals surface area (Å²) in [7, 11) is 0. The van der Waals surface area contributed by atoms with Crippen molar-refractivity contribution in [3.05, 3.63) is 38.2 Å². The molecule has 1 N–H and O–H groups in total. The van der Waals surface area contributed by atoms with Crippen LogP contribution >= 0.6 is 22.7 Å². The van der Waals surface area contributed by atoms with Gasteiger partial charge in [0.15, 0.2) is 16.5 Å². The van der Waals surface area contributed by atoms with E-state index in [1.54, 1.807) is 6.92 Å². The van der Waals surface area contributed by atoms with Gasteiger partial charge in [0, 0.05) is 11.4 Å². The van der Waals surface area contributed by atoms with Crippen molar-refractivity contribution in [2.75, 3.05) is 0 Å². The molecule has 120 valence electrons. The second-order valence-electron chi connectivity index (χ2n) is 4.66. The van der Waals surface area contributed by atoms with Crippen LogP contribution in [0.1, 0.15) is 16.4 Å². The number of aryl methyl sites for hydroxylation is 2. The molecule has 0 bridgehead atoms. The molecule has 3 heterocycles. The molecule has 0 aliphatic rings. The fraction of sp³-hybridized carbons (Fsp3) is 0.231. The smallest absolute Gasteiger partial charge is 0.304 e. The molecule has 0 radical (unpaired) electrons.